The summed E-state index contributed by atoms with van der Waals surface area (Å²) in [6.07, 6.45) is 0. The summed E-state index contributed by atoms with van der Waals surface area (Å²) in [5, 5.41) is 6.49. The molecule has 0 aliphatic heterocycles. The molecule has 0 aliphatic carbocycles. The number of hydrogen-bond donors (Lipinski definition) is 2. The summed E-state index contributed by atoms with van der Waals surface area (Å²) in [5.74, 6) is 0.611. The highest BCUT2D eigenvalue weighted by Gasteiger charge is 2.10. The van der Waals surface area contributed by atoms with Crippen LogP contribution in [0.15, 0.2) is 23.2 Å². The van der Waals surface area contributed by atoms with Crippen molar-refractivity contribution in [3.05, 3.63) is 28.8 Å². The molecule has 0 bridgehead atoms. The lowest BCUT2D eigenvalue weighted by molar-refractivity contribution is -0.0504. The first-order chi connectivity index (χ1) is 10.6. The lowest BCUT2D eigenvalue weighted by atomic mass is 10.2. The van der Waals surface area contributed by atoms with Crippen LogP contribution in [0, 0.1) is 0 Å². The largest absolute Gasteiger partial charge is 0.434 e. The van der Waals surface area contributed by atoms with Crippen LogP contribution in [0.4, 0.5) is 8.78 Å². The highest BCUT2D eigenvalue weighted by Crippen LogP contribution is 2.24. The lowest BCUT2D eigenvalue weighted by Gasteiger charge is -2.14. The standard InChI is InChI=1S/C14H20ClF2N3O2/c1-3-21-7-6-19-14(18-2)20-9-10-8-11(15)4-5-12(10)22-13(16)17/h4-5,8,13H,3,6-7,9H2,1-2H3,(H2,18,19,20). The van der Waals surface area contributed by atoms with E-state index in [1.165, 1.54) is 12.1 Å². The van der Waals surface area contributed by atoms with Crippen molar-refractivity contribution in [2.24, 2.45) is 4.99 Å². The van der Waals surface area contributed by atoms with Gasteiger partial charge in [-0.15, -0.1) is 0 Å². The van der Waals surface area contributed by atoms with E-state index in [1.54, 1.807) is 13.1 Å². The summed E-state index contributed by atoms with van der Waals surface area (Å²) >= 11 is 5.89. The van der Waals surface area contributed by atoms with Crippen molar-refractivity contribution in [2.45, 2.75) is 20.1 Å². The summed E-state index contributed by atoms with van der Waals surface area (Å²) in [6.45, 7) is 1.05. The molecule has 0 aromatic heterocycles. The zero-order chi connectivity index (χ0) is 16.4. The topological polar surface area (TPSA) is 54.9 Å². The van der Waals surface area contributed by atoms with E-state index in [0.717, 1.165) is 0 Å². The molecule has 0 fully saturated rings. The molecule has 5 nitrogen and oxygen atoms in total. The number of alkyl halides is 2. The number of aliphatic imine (C=N–C) groups is 1. The van der Waals surface area contributed by atoms with E-state index >= 15 is 0 Å². The number of guanidine groups is 1. The second kappa shape index (κ2) is 10.2. The lowest BCUT2D eigenvalue weighted by Crippen LogP contribution is -2.38. The van der Waals surface area contributed by atoms with Crippen LogP contribution in [-0.2, 0) is 11.3 Å². The number of hydrogen-bond acceptors (Lipinski definition) is 3. The van der Waals surface area contributed by atoms with Gasteiger partial charge < -0.3 is 20.1 Å². The third kappa shape index (κ3) is 6.91. The zero-order valence-electron chi connectivity index (χ0n) is 12.5. The first-order valence-electron chi connectivity index (χ1n) is 6.82. The number of ether oxygens (including phenoxy) is 2. The summed E-state index contributed by atoms with van der Waals surface area (Å²) in [4.78, 5) is 4.03. The van der Waals surface area contributed by atoms with Gasteiger partial charge in [-0.1, -0.05) is 11.6 Å². The quantitative estimate of drug-likeness (QED) is 0.435. The van der Waals surface area contributed by atoms with Crippen LogP contribution in [0.25, 0.3) is 0 Å². The highest BCUT2D eigenvalue weighted by atomic mass is 35.5. The fourth-order valence-electron chi connectivity index (χ4n) is 1.68. The fraction of sp³-hybridized carbons (Fsp3) is 0.500. The molecule has 2 N–H and O–H groups in total. The number of nitrogens with one attached hydrogen (secondary N) is 2. The number of rotatable bonds is 8. The molecule has 0 aliphatic rings. The van der Waals surface area contributed by atoms with Crippen LogP contribution in [0.5, 0.6) is 5.75 Å². The number of halogens is 3. The summed E-state index contributed by atoms with van der Waals surface area (Å²) in [5.41, 5.74) is 0.514. The van der Waals surface area contributed by atoms with Crippen molar-refractivity contribution in [3.8, 4) is 5.75 Å². The third-order valence-electron chi connectivity index (χ3n) is 2.65. The Kier molecular flexibility index (Phi) is 8.54. The molecule has 124 valence electrons. The van der Waals surface area contributed by atoms with Crippen LogP contribution in [0.2, 0.25) is 5.02 Å². The van der Waals surface area contributed by atoms with Gasteiger partial charge in [0.1, 0.15) is 5.75 Å². The molecule has 0 spiro atoms. The second-order valence-corrected chi connectivity index (χ2v) is 4.62. The first kappa shape index (κ1) is 18.4. The van der Waals surface area contributed by atoms with E-state index in [0.29, 0.717) is 36.3 Å². The van der Waals surface area contributed by atoms with Crippen molar-refractivity contribution < 1.29 is 18.3 Å². The molecule has 0 saturated carbocycles. The molecular weight excluding hydrogens is 316 g/mol. The average molecular weight is 336 g/mol. The Morgan fingerprint density at radius 1 is 1.36 bits per heavy atom. The number of benzene rings is 1. The van der Waals surface area contributed by atoms with Gasteiger partial charge in [-0.05, 0) is 25.1 Å². The van der Waals surface area contributed by atoms with Crippen LogP contribution < -0.4 is 15.4 Å². The van der Waals surface area contributed by atoms with Crippen molar-refractivity contribution in [1.82, 2.24) is 10.6 Å². The molecule has 0 atom stereocenters. The van der Waals surface area contributed by atoms with Gasteiger partial charge in [0.15, 0.2) is 5.96 Å². The van der Waals surface area contributed by atoms with Crippen LogP contribution in [0.1, 0.15) is 12.5 Å². The SMILES string of the molecule is CCOCCNC(=NC)NCc1cc(Cl)ccc1OC(F)F. The summed E-state index contributed by atoms with van der Waals surface area (Å²) in [6, 6.07) is 4.48. The first-order valence-corrected chi connectivity index (χ1v) is 7.20. The molecule has 0 saturated heterocycles. The molecule has 1 aromatic carbocycles. The minimum absolute atomic E-state index is 0.0802. The average Bonchev–Trinajstić information content (AvgIpc) is 2.48. The Bertz CT molecular complexity index is 487. The van der Waals surface area contributed by atoms with E-state index < -0.39 is 6.61 Å². The summed E-state index contributed by atoms with van der Waals surface area (Å²) in [7, 11) is 1.62. The van der Waals surface area contributed by atoms with Crippen LogP contribution in [-0.4, -0.2) is 39.4 Å². The molecule has 1 rings (SSSR count). The van der Waals surface area contributed by atoms with E-state index in [2.05, 4.69) is 20.4 Å². The van der Waals surface area contributed by atoms with Gasteiger partial charge in [0.25, 0.3) is 0 Å². The highest BCUT2D eigenvalue weighted by molar-refractivity contribution is 6.30. The van der Waals surface area contributed by atoms with Gasteiger partial charge >= 0.3 is 6.61 Å². The van der Waals surface area contributed by atoms with Crippen molar-refractivity contribution in [3.63, 3.8) is 0 Å². The normalized spacial score (nSPS) is 11.6. The Morgan fingerprint density at radius 2 is 2.14 bits per heavy atom. The van der Waals surface area contributed by atoms with Gasteiger partial charge in [0.05, 0.1) is 6.61 Å². The molecular formula is C14H20ClF2N3O2. The van der Waals surface area contributed by atoms with Crippen LogP contribution >= 0.6 is 11.6 Å². The van der Waals surface area contributed by atoms with Gasteiger partial charge in [-0.25, -0.2) is 0 Å². The maximum atomic E-state index is 12.4. The minimum Gasteiger partial charge on any atom is -0.434 e. The summed E-state index contributed by atoms with van der Waals surface area (Å²) < 4.78 is 34.4. The van der Waals surface area contributed by atoms with Gasteiger partial charge in [0.2, 0.25) is 0 Å². The van der Waals surface area contributed by atoms with Gasteiger partial charge in [0, 0.05) is 37.3 Å². The molecule has 22 heavy (non-hydrogen) atoms. The van der Waals surface area contributed by atoms with Crippen molar-refractivity contribution in [1.29, 1.82) is 0 Å². The molecule has 0 heterocycles. The van der Waals surface area contributed by atoms with E-state index in [9.17, 15) is 8.78 Å². The Hall–Kier alpha value is -1.60. The predicted octanol–water partition coefficient (Wildman–Crippen LogP) is 2.64. The van der Waals surface area contributed by atoms with Gasteiger partial charge in [-0.3, -0.25) is 4.99 Å². The van der Waals surface area contributed by atoms with E-state index in [-0.39, 0.29) is 12.3 Å². The molecule has 8 heteroatoms. The van der Waals surface area contributed by atoms with E-state index in [4.69, 9.17) is 16.3 Å². The molecule has 0 radical (unpaired) electrons. The van der Waals surface area contributed by atoms with Crippen LogP contribution in [0.3, 0.4) is 0 Å². The van der Waals surface area contributed by atoms with E-state index in [1.807, 2.05) is 6.92 Å². The molecule has 1 aromatic rings. The van der Waals surface area contributed by atoms with Crippen molar-refractivity contribution in [2.75, 3.05) is 26.8 Å². The van der Waals surface area contributed by atoms with Gasteiger partial charge in [-0.2, -0.15) is 8.78 Å². The maximum Gasteiger partial charge on any atom is 0.387 e. The Balaban J connectivity index is 2.59. The maximum absolute atomic E-state index is 12.4. The predicted molar refractivity (Wildman–Crippen MR) is 82.8 cm³/mol. The number of nitrogens with zero attached hydrogens (tertiary/aromatic N) is 1. The van der Waals surface area contributed by atoms with Crippen molar-refractivity contribution >= 4 is 17.6 Å². The minimum atomic E-state index is -2.89. The Morgan fingerprint density at radius 3 is 2.77 bits per heavy atom. The smallest absolute Gasteiger partial charge is 0.387 e. The molecule has 0 unspecified atom stereocenters. The second-order valence-electron chi connectivity index (χ2n) is 4.18. The molecule has 0 amide bonds. The zero-order valence-corrected chi connectivity index (χ0v) is 13.3. The third-order valence-corrected chi connectivity index (χ3v) is 2.89. The Labute approximate surface area is 133 Å². The monoisotopic (exact) mass is 335 g/mol. The fourth-order valence-corrected chi connectivity index (χ4v) is 1.88.